The number of carbonyl (C=O) groups is 1. The molecule has 1 aliphatic carbocycles. The van der Waals surface area contributed by atoms with Crippen LogP contribution < -0.4 is 11.1 Å². The summed E-state index contributed by atoms with van der Waals surface area (Å²) >= 11 is 1.84. The molecule has 0 atom stereocenters. The second-order valence-electron chi connectivity index (χ2n) is 3.83. The third kappa shape index (κ3) is 2.58. The first-order chi connectivity index (χ1) is 7.29. The fourth-order valence-electron chi connectivity index (χ4n) is 1.88. The van der Waals surface area contributed by atoms with Crippen LogP contribution in [0.2, 0.25) is 0 Å². The minimum atomic E-state index is 0.0473. The molecule has 1 aromatic heterocycles. The lowest BCUT2D eigenvalue weighted by Gasteiger charge is -2.01. The standard InChI is InChI=1S/C11H16N2OS/c12-5-4-11(14)13-7-9-6-8-2-1-3-10(8)15-9/h6H,1-5,7,12H2,(H,13,14). The maximum Gasteiger partial charge on any atom is 0.221 e. The third-order valence-electron chi connectivity index (χ3n) is 2.63. The molecule has 15 heavy (non-hydrogen) atoms. The van der Waals surface area contributed by atoms with Gasteiger partial charge in [-0.2, -0.15) is 0 Å². The Bertz CT molecular complexity index is 338. The van der Waals surface area contributed by atoms with Gasteiger partial charge in [0.2, 0.25) is 5.91 Å². The van der Waals surface area contributed by atoms with E-state index in [4.69, 9.17) is 5.73 Å². The van der Waals surface area contributed by atoms with Crippen LogP contribution in [0.15, 0.2) is 6.07 Å². The van der Waals surface area contributed by atoms with Crippen LogP contribution in [0.5, 0.6) is 0 Å². The fraction of sp³-hybridized carbons (Fsp3) is 0.545. The molecule has 82 valence electrons. The quantitative estimate of drug-likeness (QED) is 0.807. The van der Waals surface area contributed by atoms with Gasteiger partial charge < -0.3 is 11.1 Å². The van der Waals surface area contributed by atoms with Gasteiger partial charge in [-0.25, -0.2) is 0 Å². The van der Waals surface area contributed by atoms with E-state index in [1.165, 1.54) is 34.6 Å². The molecule has 3 nitrogen and oxygen atoms in total. The number of hydrogen-bond donors (Lipinski definition) is 2. The first-order valence-corrected chi connectivity index (χ1v) is 6.18. The Balaban J connectivity index is 1.86. The average molecular weight is 224 g/mol. The zero-order valence-electron chi connectivity index (χ0n) is 8.71. The zero-order chi connectivity index (χ0) is 10.7. The molecule has 0 aromatic carbocycles. The van der Waals surface area contributed by atoms with Gasteiger partial charge in [-0.05, 0) is 30.9 Å². The van der Waals surface area contributed by atoms with Gasteiger partial charge in [0.1, 0.15) is 0 Å². The van der Waals surface area contributed by atoms with E-state index in [0.717, 1.165) is 0 Å². The predicted molar refractivity (Wildman–Crippen MR) is 61.9 cm³/mol. The van der Waals surface area contributed by atoms with Gasteiger partial charge in [0.15, 0.2) is 0 Å². The van der Waals surface area contributed by atoms with Crippen molar-refractivity contribution in [2.75, 3.05) is 6.54 Å². The number of nitrogens with one attached hydrogen (secondary N) is 1. The van der Waals surface area contributed by atoms with Crippen LogP contribution >= 0.6 is 11.3 Å². The second kappa shape index (κ2) is 4.77. The van der Waals surface area contributed by atoms with Gasteiger partial charge in [0.05, 0.1) is 6.54 Å². The summed E-state index contributed by atoms with van der Waals surface area (Å²) in [5.41, 5.74) is 6.79. The molecule has 0 bridgehead atoms. The van der Waals surface area contributed by atoms with E-state index < -0.39 is 0 Å². The summed E-state index contributed by atoms with van der Waals surface area (Å²) in [5.74, 6) is 0.0473. The number of hydrogen-bond acceptors (Lipinski definition) is 3. The predicted octanol–water partition coefficient (Wildman–Crippen LogP) is 1.20. The van der Waals surface area contributed by atoms with Gasteiger partial charge in [-0.3, -0.25) is 4.79 Å². The Hall–Kier alpha value is -0.870. The van der Waals surface area contributed by atoms with E-state index in [1.807, 2.05) is 11.3 Å². The Kier molecular flexibility index (Phi) is 3.38. The van der Waals surface area contributed by atoms with Crippen molar-refractivity contribution in [3.63, 3.8) is 0 Å². The summed E-state index contributed by atoms with van der Waals surface area (Å²) in [7, 11) is 0. The summed E-state index contributed by atoms with van der Waals surface area (Å²) in [6.45, 7) is 1.09. The molecule has 1 aromatic rings. The molecule has 2 rings (SSSR count). The van der Waals surface area contributed by atoms with E-state index in [-0.39, 0.29) is 5.91 Å². The number of rotatable bonds is 4. The number of thiophene rings is 1. The van der Waals surface area contributed by atoms with Gasteiger partial charge in [0, 0.05) is 22.7 Å². The van der Waals surface area contributed by atoms with Crippen LogP contribution in [0.4, 0.5) is 0 Å². The van der Waals surface area contributed by atoms with E-state index in [2.05, 4.69) is 11.4 Å². The lowest BCUT2D eigenvalue weighted by atomic mass is 10.2. The minimum absolute atomic E-state index is 0.0473. The highest BCUT2D eigenvalue weighted by molar-refractivity contribution is 7.12. The van der Waals surface area contributed by atoms with Crippen molar-refractivity contribution >= 4 is 17.2 Å². The summed E-state index contributed by atoms with van der Waals surface area (Å²) in [6, 6.07) is 2.23. The van der Waals surface area contributed by atoms with E-state index in [0.29, 0.717) is 19.5 Å². The van der Waals surface area contributed by atoms with Crippen molar-refractivity contribution in [2.24, 2.45) is 5.73 Å². The molecular weight excluding hydrogens is 208 g/mol. The normalized spacial score (nSPS) is 13.9. The number of nitrogens with two attached hydrogens (primary N) is 1. The fourth-order valence-corrected chi connectivity index (χ4v) is 3.08. The van der Waals surface area contributed by atoms with Crippen molar-refractivity contribution in [2.45, 2.75) is 32.2 Å². The molecule has 0 spiro atoms. The summed E-state index contributed by atoms with van der Waals surface area (Å²) in [4.78, 5) is 14.0. The number of carbonyl (C=O) groups excluding carboxylic acids is 1. The zero-order valence-corrected chi connectivity index (χ0v) is 9.53. The van der Waals surface area contributed by atoms with Gasteiger partial charge >= 0.3 is 0 Å². The first-order valence-electron chi connectivity index (χ1n) is 5.37. The van der Waals surface area contributed by atoms with Gasteiger partial charge in [-0.1, -0.05) is 0 Å². The van der Waals surface area contributed by atoms with Crippen LogP contribution in [-0.2, 0) is 24.2 Å². The number of fused-ring (bicyclic) bond motifs is 1. The molecule has 0 unspecified atom stereocenters. The van der Waals surface area contributed by atoms with E-state index in [1.54, 1.807) is 0 Å². The Morgan fingerprint density at radius 3 is 3.13 bits per heavy atom. The Morgan fingerprint density at radius 1 is 1.53 bits per heavy atom. The number of amides is 1. The van der Waals surface area contributed by atoms with Crippen LogP contribution in [0.25, 0.3) is 0 Å². The van der Waals surface area contributed by atoms with Gasteiger partial charge in [-0.15, -0.1) is 11.3 Å². The van der Waals surface area contributed by atoms with Crippen molar-refractivity contribution in [3.05, 3.63) is 21.4 Å². The third-order valence-corrected chi connectivity index (χ3v) is 3.87. The first kappa shape index (κ1) is 10.6. The van der Waals surface area contributed by atoms with Crippen LogP contribution in [0, 0.1) is 0 Å². The van der Waals surface area contributed by atoms with E-state index in [9.17, 15) is 4.79 Å². The summed E-state index contributed by atoms with van der Waals surface area (Å²) < 4.78 is 0. The smallest absolute Gasteiger partial charge is 0.221 e. The van der Waals surface area contributed by atoms with E-state index >= 15 is 0 Å². The average Bonchev–Trinajstić information content (AvgIpc) is 2.74. The van der Waals surface area contributed by atoms with Crippen LogP contribution in [-0.4, -0.2) is 12.5 Å². The van der Waals surface area contributed by atoms with Crippen molar-refractivity contribution in [1.29, 1.82) is 0 Å². The highest BCUT2D eigenvalue weighted by atomic mass is 32.1. The molecular formula is C11H16N2OS. The minimum Gasteiger partial charge on any atom is -0.351 e. The molecule has 3 N–H and O–H groups in total. The number of aryl methyl sites for hydroxylation is 2. The monoisotopic (exact) mass is 224 g/mol. The van der Waals surface area contributed by atoms with Crippen molar-refractivity contribution in [1.82, 2.24) is 5.32 Å². The Labute approximate surface area is 93.7 Å². The molecule has 0 radical (unpaired) electrons. The summed E-state index contributed by atoms with van der Waals surface area (Å²) in [6.07, 6.45) is 4.14. The molecule has 0 aliphatic heterocycles. The highest BCUT2D eigenvalue weighted by Gasteiger charge is 2.14. The topological polar surface area (TPSA) is 55.1 Å². The molecule has 1 amide bonds. The van der Waals surface area contributed by atoms with Crippen molar-refractivity contribution < 1.29 is 4.79 Å². The molecule has 1 aliphatic rings. The van der Waals surface area contributed by atoms with Gasteiger partial charge in [0.25, 0.3) is 0 Å². The molecule has 4 heteroatoms. The lowest BCUT2D eigenvalue weighted by molar-refractivity contribution is -0.121. The molecule has 0 saturated heterocycles. The Morgan fingerprint density at radius 2 is 2.40 bits per heavy atom. The molecule has 0 fully saturated rings. The highest BCUT2D eigenvalue weighted by Crippen LogP contribution is 2.30. The maximum atomic E-state index is 11.2. The van der Waals surface area contributed by atoms with Crippen molar-refractivity contribution in [3.8, 4) is 0 Å². The maximum absolute atomic E-state index is 11.2. The largest absolute Gasteiger partial charge is 0.351 e. The molecule has 0 saturated carbocycles. The lowest BCUT2D eigenvalue weighted by Crippen LogP contribution is -2.24. The second-order valence-corrected chi connectivity index (χ2v) is 5.05. The van der Waals surface area contributed by atoms with Crippen LogP contribution in [0.1, 0.15) is 28.2 Å². The SMILES string of the molecule is NCCC(=O)NCc1cc2c(s1)CCC2. The summed E-state index contributed by atoms with van der Waals surface area (Å²) in [5, 5.41) is 2.88. The molecule has 1 heterocycles. The van der Waals surface area contributed by atoms with Crippen LogP contribution in [0.3, 0.4) is 0 Å².